The first-order valence-electron chi connectivity index (χ1n) is 7.11. The molecule has 0 radical (unpaired) electrons. The van der Waals surface area contributed by atoms with Gasteiger partial charge in [-0.05, 0) is 19.8 Å². The van der Waals surface area contributed by atoms with E-state index in [4.69, 9.17) is 0 Å². The SMILES string of the molecule is CCS(=O)(=O)N1CC[C@]2(CCN(C(=O)c3cscn3)C2)C1. The third kappa shape index (κ3) is 2.72. The maximum atomic E-state index is 12.3. The predicted molar refractivity (Wildman–Crippen MR) is 80.7 cm³/mol. The highest BCUT2D eigenvalue weighted by Gasteiger charge is 2.47. The summed E-state index contributed by atoms with van der Waals surface area (Å²) in [5, 5.41) is 1.76. The standard InChI is InChI=1S/C13H19N3O3S2/c1-2-21(18,19)16-6-4-13(9-16)3-5-15(8-13)12(17)11-7-20-10-14-11/h7,10H,2-6,8-9H2,1H3/t13-/m0/s1. The van der Waals surface area contributed by atoms with Gasteiger partial charge in [-0.3, -0.25) is 4.79 Å². The van der Waals surface area contributed by atoms with Gasteiger partial charge in [0.25, 0.3) is 5.91 Å². The molecule has 1 atom stereocenters. The summed E-state index contributed by atoms with van der Waals surface area (Å²) in [5.74, 6) is 0.106. The lowest BCUT2D eigenvalue weighted by molar-refractivity contribution is 0.0770. The molecular weight excluding hydrogens is 310 g/mol. The lowest BCUT2D eigenvalue weighted by Gasteiger charge is -2.24. The fourth-order valence-corrected chi connectivity index (χ4v) is 4.97. The van der Waals surface area contributed by atoms with Gasteiger partial charge in [-0.25, -0.2) is 17.7 Å². The summed E-state index contributed by atoms with van der Waals surface area (Å²) >= 11 is 1.41. The Morgan fingerprint density at radius 3 is 2.81 bits per heavy atom. The summed E-state index contributed by atoms with van der Waals surface area (Å²) in [5.41, 5.74) is 2.09. The molecule has 0 aliphatic carbocycles. The van der Waals surface area contributed by atoms with Crippen LogP contribution in [0.3, 0.4) is 0 Å². The third-order valence-corrected chi connectivity index (χ3v) is 6.95. The fraction of sp³-hybridized carbons (Fsp3) is 0.692. The molecule has 1 amide bonds. The van der Waals surface area contributed by atoms with Gasteiger partial charge in [-0.2, -0.15) is 0 Å². The number of rotatable bonds is 3. The van der Waals surface area contributed by atoms with Crippen LogP contribution >= 0.6 is 11.3 Å². The van der Waals surface area contributed by atoms with Gasteiger partial charge in [0.1, 0.15) is 5.69 Å². The van der Waals surface area contributed by atoms with E-state index in [2.05, 4.69) is 4.98 Å². The molecule has 2 aliphatic heterocycles. The number of carbonyl (C=O) groups is 1. The van der Waals surface area contributed by atoms with Crippen LogP contribution in [0.4, 0.5) is 0 Å². The van der Waals surface area contributed by atoms with Gasteiger partial charge >= 0.3 is 0 Å². The first-order chi connectivity index (χ1) is 9.96. The van der Waals surface area contributed by atoms with Crippen LogP contribution in [-0.4, -0.2) is 60.4 Å². The maximum Gasteiger partial charge on any atom is 0.273 e. The third-order valence-electron chi connectivity index (χ3n) is 4.54. The molecule has 0 bridgehead atoms. The van der Waals surface area contributed by atoms with E-state index in [1.807, 2.05) is 4.90 Å². The van der Waals surface area contributed by atoms with Crippen molar-refractivity contribution in [2.45, 2.75) is 19.8 Å². The zero-order valence-electron chi connectivity index (χ0n) is 12.0. The summed E-state index contributed by atoms with van der Waals surface area (Å²) < 4.78 is 25.5. The minimum absolute atomic E-state index is 0.0371. The second-order valence-electron chi connectivity index (χ2n) is 5.83. The highest BCUT2D eigenvalue weighted by atomic mass is 32.2. The Labute approximate surface area is 128 Å². The van der Waals surface area contributed by atoms with Gasteiger partial charge < -0.3 is 4.90 Å². The number of aromatic nitrogens is 1. The van der Waals surface area contributed by atoms with E-state index in [0.717, 1.165) is 12.8 Å². The van der Waals surface area contributed by atoms with Crippen LogP contribution in [-0.2, 0) is 10.0 Å². The second kappa shape index (κ2) is 5.33. The summed E-state index contributed by atoms with van der Waals surface area (Å²) in [6.45, 7) is 4.13. The number of likely N-dealkylation sites (tertiary alicyclic amines) is 1. The number of nitrogens with zero attached hydrogens (tertiary/aromatic N) is 3. The maximum absolute atomic E-state index is 12.3. The second-order valence-corrected chi connectivity index (χ2v) is 8.81. The van der Waals surface area contributed by atoms with Crippen LogP contribution in [0.1, 0.15) is 30.3 Å². The van der Waals surface area contributed by atoms with Gasteiger partial charge in [-0.1, -0.05) is 0 Å². The van der Waals surface area contributed by atoms with Crippen LogP contribution < -0.4 is 0 Å². The molecule has 1 aromatic heterocycles. The summed E-state index contributed by atoms with van der Waals surface area (Å²) in [6, 6.07) is 0. The van der Waals surface area contributed by atoms with Gasteiger partial charge in [0, 0.05) is 37.0 Å². The van der Waals surface area contributed by atoms with Crippen molar-refractivity contribution < 1.29 is 13.2 Å². The lowest BCUT2D eigenvalue weighted by atomic mass is 9.86. The van der Waals surface area contributed by atoms with E-state index in [1.54, 1.807) is 22.1 Å². The number of hydrogen-bond donors (Lipinski definition) is 0. The van der Waals surface area contributed by atoms with E-state index in [0.29, 0.717) is 31.9 Å². The number of sulfonamides is 1. The van der Waals surface area contributed by atoms with Gasteiger partial charge in [0.2, 0.25) is 10.0 Å². The molecule has 3 rings (SSSR count). The van der Waals surface area contributed by atoms with Crippen molar-refractivity contribution >= 4 is 27.3 Å². The van der Waals surface area contributed by atoms with Crippen LogP contribution in [0.5, 0.6) is 0 Å². The summed E-state index contributed by atoms with van der Waals surface area (Å²) in [4.78, 5) is 18.2. The Bertz CT molecular complexity index is 629. The molecule has 2 fully saturated rings. The molecule has 8 heteroatoms. The Hall–Kier alpha value is -0.990. The van der Waals surface area contributed by atoms with Crippen molar-refractivity contribution in [3.63, 3.8) is 0 Å². The van der Waals surface area contributed by atoms with Crippen LogP contribution in [0, 0.1) is 5.41 Å². The molecule has 0 N–H and O–H groups in total. The molecule has 3 heterocycles. The smallest absolute Gasteiger partial charge is 0.273 e. The number of carbonyl (C=O) groups excluding carboxylic acids is 1. The lowest BCUT2D eigenvalue weighted by Crippen LogP contribution is -2.36. The van der Waals surface area contributed by atoms with Crippen molar-refractivity contribution in [2.24, 2.45) is 5.41 Å². The molecule has 2 aliphatic rings. The monoisotopic (exact) mass is 329 g/mol. The number of amides is 1. The molecule has 0 saturated carbocycles. The fourth-order valence-electron chi connectivity index (χ4n) is 3.24. The molecule has 1 aromatic rings. The zero-order valence-corrected chi connectivity index (χ0v) is 13.6. The van der Waals surface area contributed by atoms with Crippen LogP contribution in [0.25, 0.3) is 0 Å². The van der Waals surface area contributed by atoms with Gasteiger partial charge in [0.15, 0.2) is 0 Å². The average Bonchev–Trinajstić information content (AvgIpc) is 3.20. The summed E-state index contributed by atoms with van der Waals surface area (Å²) in [6.07, 6.45) is 1.71. The Kier molecular flexibility index (Phi) is 3.79. The van der Waals surface area contributed by atoms with E-state index < -0.39 is 10.0 Å². The summed E-state index contributed by atoms with van der Waals surface area (Å²) in [7, 11) is -3.12. The van der Waals surface area contributed by atoms with Crippen molar-refractivity contribution in [1.29, 1.82) is 0 Å². The molecule has 116 valence electrons. The quantitative estimate of drug-likeness (QED) is 0.830. The van der Waals surface area contributed by atoms with Crippen molar-refractivity contribution in [3.05, 3.63) is 16.6 Å². The number of hydrogen-bond acceptors (Lipinski definition) is 5. The first-order valence-corrected chi connectivity index (χ1v) is 9.66. The highest BCUT2D eigenvalue weighted by Crippen LogP contribution is 2.40. The molecular formula is C13H19N3O3S2. The molecule has 6 nitrogen and oxygen atoms in total. The first kappa shape index (κ1) is 14.9. The zero-order chi connectivity index (χ0) is 15.1. The van der Waals surface area contributed by atoms with Crippen LogP contribution in [0.2, 0.25) is 0 Å². The average molecular weight is 329 g/mol. The van der Waals surface area contributed by atoms with E-state index in [9.17, 15) is 13.2 Å². The van der Waals surface area contributed by atoms with E-state index in [1.165, 1.54) is 11.3 Å². The topological polar surface area (TPSA) is 70.6 Å². The largest absolute Gasteiger partial charge is 0.337 e. The van der Waals surface area contributed by atoms with Crippen molar-refractivity contribution in [2.75, 3.05) is 31.9 Å². The minimum Gasteiger partial charge on any atom is -0.337 e. The minimum atomic E-state index is -3.12. The normalized spacial score (nSPS) is 26.8. The molecule has 0 aromatic carbocycles. The van der Waals surface area contributed by atoms with E-state index >= 15 is 0 Å². The predicted octanol–water partition coefficient (Wildman–Crippen LogP) is 1.03. The molecule has 21 heavy (non-hydrogen) atoms. The Morgan fingerprint density at radius 1 is 1.38 bits per heavy atom. The van der Waals surface area contributed by atoms with Crippen molar-refractivity contribution in [1.82, 2.24) is 14.2 Å². The van der Waals surface area contributed by atoms with Gasteiger partial charge in [0.05, 0.1) is 11.3 Å². The number of thiazole rings is 1. The molecule has 2 saturated heterocycles. The molecule has 0 unspecified atom stereocenters. The Balaban J connectivity index is 1.69. The van der Waals surface area contributed by atoms with Gasteiger partial charge in [-0.15, -0.1) is 11.3 Å². The van der Waals surface area contributed by atoms with Crippen LogP contribution in [0.15, 0.2) is 10.9 Å². The van der Waals surface area contributed by atoms with Crippen molar-refractivity contribution in [3.8, 4) is 0 Å². The van der Waals surface area contributed by atoms with E-state index in [-0.39, 0.29) is 17.1 Å². The highest BCUT2D eigenvalue weighted by molar-refractivity contribution is 7.89. The molecule has 1 spiro atoms. The Morgan fingerprint density at radius 2 is 2.14 bits per heavy atom.